The Morgan fingerprint density at radius 1 is 1.17 bits per heavy atom. The molecule has 1 atom stereocenters. The summed E-state index contributed by atoms with van der Waals surface area (Å²) in [4.78, 5) is 38.0. The van der Waals surface area contributed by atoms with E-state index < -0.39 is 17.1 Å². The number of carbonyl (C=O) groups excluding carboxylic acids is 3. The van der Waals surface area contributed by atoms with Crippen molar-refractivity contribution in [3.05, 3.63) is 0 Å². The molecule has 3 fully saturated rings. The van der Waals surface area contributed by atoms with Crippen LogP contribution in [0.1, 0.15) is 51.9 Å². The normalized spacial score (nSPS) is 31.7. The van der Waals surface area contributed by atoms with Gasteiger partial charge in [-0.2, -0.15) is 0 Å². The van der Waals surface area contributed by atoms with E-state index in [1.807, 2.05) is 4.90 Å². The molecular formula is C16H26N4O3. The smallest absolute Gasteiger partial charge is 0.322 e. The van der Waals surface area contributed by atoms with Gasteiger partial charge in [0.1, 0.15) is 5.54 Å². The van der Waals surface area contributed by atoms with Crippen molar-refractivity contribution in [3.63, 3.8) is 0 Å². The molecule has 3 rings (SSSR count). The second-order valence-corrected chi connectivity index (χ2v) is 7.39. The molecule has 2 heterocycles. The predicted octanol–water partition coefficient (Wildman–Crippen LogP) is 0.485. The van der Waals surface area contributed by atoms with Crippen molar-refractivity contribution in [2.75, 3.05) is 13.1 Å². The zero-order valence-electron chi connectivity index (χ0n) is 13.7. The number of imide groups is 1. The van der Waals surface area contributed by atoms with E-state index in [0.717, 1.165) is 32.1 Å². The Balaban J connectivity index is 1.61. The van der Waals surface area contributed by atoms with E-state index in [1.165, 1.54) is 0 Å². The number of urea groups is 1. The van der Waals surface area contributed by atoms with Crippen molar-refractivity contribution in [1.82, 2.24) is 15.5 Å². The lowest BCUT2D eigenvalue weighted by molar-refractivity contribution is -0.140. The van der Waals surface area contributed by atoms with Gasteiger partial charge in [-0.25, -0.2) is 4.79 Å². The molecule has 7 nitrogen and oxygen atoms in total. The maximum absolute atomic E-state index is 12.8. The van der Waals surface area contributed by atoms with Gasteiger partial charge in [0.05, 0.1) is 5.54 Å². The van der Waals surface area contributed by atoms with Crippen LogP contribution in [0.4, 0.5) is 4.79 Å². The van der Waals surface area contributed by atoms with E-state index in [-0.39, 0.29) is 17.7 Å². The summed E-state index contributed by atoms with van der Waals surface area (Å²) in [6, 6.07) is -0.431. The van der Waals surface area contributed by atoms with Crippen LogP contribution < -0.4 is 16.4 Å². The zero-order chi connectivity index (χ0) is 16.7. The fourth-order valence-electron chi connectivity index (χ4n) is 4.22. The molecule has 1 aliphatic carbocycles. The first-order chi connectivity index (χ1) is 10.8. The van der Waals surface area contributed by atoms with E-state index in [1.54, 1.807) is 6.92 Å². The van der Waals surface area contributed by atoms with Gasteiger partial charge >= 0.3 is 6.03 Å². The van der Waals surface area contributed by atoms with Crippen LogP contribution >= 0.6 is 0 Å². The largest absolute Gasteiger partial charge is 0.341 e. The van der Waals surface area contributed by atoms with Gasteiger partial charge in [0.15, 0.2) is 0 Å². The minimum Gasteiger partial charge on any atom is -0.341 e. The Kier molecular flexibility index (Phi) is 4.08. The summed E-state index contributed by atoms with van der Waals surface area (Å²) in [5, 5.41) is 5.04. The van der Waals surface area contributed by atoms with E-state index in [9.17, 15) is 14.4 Å². The summed E-state index contributed by atoms with van der Waals surface area (Å²) < 4.78 is 0. The molecule has 128 valence electrons. The average Bonchev–Trinajstić information content (AvgIpc) is 2.81. The van der Waals surface area contributed by atoms with Crippen LogP contribution in [0.3, 0.4) is 0 Å². The SMILES string of the molecule is CC1(C2CCN(C(=O)C3(N)CCCCC3)CC2)NC(=O)NC1=O. The van der Waals surface area contributed by atoms with Crippen LogP contribution in [0.15, 0.2) is 0 Å². The number of nitrogens with two attached hydrogens (primary N) is 1. The number of amides is 4. The molecule has 1 unspecified atom stereocenters. The predicted molar refractivity (Wildman–Crippen MR) is 84.4 cm³/mol. The molecule has 1 saturated carbocycles. The molecule has 4 amide bonds. The first-order valence-corrected chi connectivity index (χ1v) is 8.57. The van der Waals surface area contributed by atoms with Crippen LogP contribution in [-0.4, -0.2) is 46.9 Å². The van der Waals surface area contributed by atoms with Crippen molar-refractivity contribution in [1.29, 1.82) is 0 Å². The monoisotopic (exact) mass is 322 g/mol. The molecule has 0 aromatic carbocycles. The Labute approximate surface area is 136 Å². The maximum Gasteiger partial charge on any atom is 0.322 e. The Morgan fingerprint density at radius 3 is 2.30 bits per heavy atom. The van der Waals surface area contributed by atoms with Crippen LogP contribution in [0.25, 0.3) is 0 Å². The van der Waals surface area contributed by atoms with Crippen molar-refractivity contribution in [2.45, 2.75) is 62.9 Å². The first kappa shape index (κ1) is 16.2. The van der Waals surface area contributed by atoms with Crippen molar-refractivity contribution < 1.29 is 14.4 Å². The third-order valence-corrected chi connectivity index (χ3v) is 5.84. The highest BCUT2D eigenvalue weighted by atomic mass is 16.2. The lowest BCUT2D eigenvalue weighted by Crippen LogP contribution is -2.59. The van der Waals surface area contributed by atoms with E-state index >= 15 is 0 Å². The highest BCUT2D eigenvalue weighted by Crippen LogP contribution is 2.33. The standard InChI is InChI=1S/C16H26N4O3/c1-15(12(21)18-14(23)19-15)11-5-9-20(10-6-11)13(22)16(17)7-3-2-4-8-16/h11H,2-10,17H2,1H3,(H2,18,19,21,23). The number of hydrogen-bond acceptors (Lipinski definition) is 4. The summed E-state index contributed by atoms with van der Waals surface area (Å²) in [5.74, 6) is -0.173. The van der Waals surface area contributed by atoms with E-state index in [0.29, 0.717) is 25.9 Å². The summed E-state index contributed by atoms with van der Waals surface area (Å²) >= 11 is 0. The molecule has 0 spiro atoms. The second kappa shape index (κ2) is 5.78. The molecule has 4 N–H and O–H groups in total. The molecule has 0 aromatic heterocycles. The fourth-order valence-corrected chi connectivity index (χ4v) is 4.22. The highest BCUT2D eigenvalue weighted by molar-refractivity contribution is 6.07. The molecular weight excluding hydrogens is 296 g/mol. The van der Waals surface area contributed by atoms with E-state index in [2.05, 4.69) is 10.6 Å². The molecule has 0 radical (unpaired) electrons. The van der Waals surface area contributed by atoms with Crippen molar-refractivity contribution >= 4 is 17.8 Å². The number of piperidine rings is 1. The zero-order valence-corrected chi connectivity index (χ0v) is 13.7. The summed E-state index contributed by atoms with van der Waals surface area (Å²) in [5.41, 5.74) is 4.78. The number of nitrogens with zero attached hydrogens (tertiary/aromatic N) is 1. The molecule has 0 aromatic rings. The molecule has 0 bridgehead atoms. The number of likely N-dealkylation sites (tertiary alicyclic amines) is 1. The lowest BCUT2D eigenvalue weighted by Gasteiger charge is -2.42. The molecule has 2 aliphatic heterocycles. The van der Waals surface area contributed by atoms with Crippen molar-refractivity contribution in [3.8, 4) is 0 Å². The quantitative estimate of drug-likeness (QED) is 0.643. The third-order valence-electron chi connectivity index (χ3n) is 5.84. The average molecular weight is 322 g/mol. The molecule has 7 heteroatoms. The van der Waals surface area contributed by atoms with Crippen molar-refractivity contribution in [2.24, 2.45) is 11.7 Å². The summed E-state index contributed by atoms with van der Waals surface area (Å²) in [6.45, 7) is 2.96. The Hall–Kier alpha value is -1.63. The summed E-state index contributed by atoms with van der Waals surface area (Å²) in [6.07, 6.45) is 6.12. The topological polar surface area (TPSA) is 105 Å². The number of hydrogen-bond donors (Lipinski definition) is 3. The van der Waals surface area contributed by atoms with Crippen LogP contribution in [0.5, 0.6) is 0 Å². The minimum absolute atomic E-state index is 0.0399. The first-order valence-electron chi connectivity index (χ1n) is 8.57. The minimum atomic E-state index is -0.864. The lowest BCUT2D eigenvalue weighted by atomic mass is 9.77. The van der Waals surface area contributed by atoms with Gasteiger partial charge in [-0.3, -0.25) is 14.9 Å². The van der Waals surface area contributed by atoms with Gasteiger partial charge in [0.2, 0.25) is 5.91 Å². The van der Waals surface area contributed by atoms with Gasteiger partial charge in [-0.15, -0.1) is 0 Å². The molecule has 3 aliphatic rings. The molecule has 2 saturated heterocycles. The Morgan fingerprint density at radius 2 is 1.78 bits per heavy atom. The van der Waals surface area contributed by atoms with E-state index in [4.69, 9.17) is 5.73 Å². The van der Waals surface area contributed by atoms with Crippen LogP contribution in [-0.2, 0) is 9.59 Å². The molecule has 23 heavy (non-hydrogen) atoms. The number of rotatable bonds is 2. The number of nitrogens with one attached hydrogen (secondary N) is 2. The van der Waals surface area contributed by atoms with Gasteiger partial charge in [0, 0.05) is 13.1 Å². The van der Waals surface area contributed by atoms with Crippen LogP contribution in [0, 0.1) is 5.92 Å². The fraction of sp³-hybridized carbons (Fsp3) is 0.812. The van der Waals surface area contributed by atoms with Crippen LogP contribution in [0.2, 0.25) is 0 Å². The van der Waals surface area contributed by atoms with Gasteiger partial charge < -0.3 is 16.0 Å². The second-order valence-electron chi connectivity index (χ2n) is 7.39. The Bertz CT molecular complexity index is 521. The maximum atomic E-state index is 12.8. The summed E-state index contributed by atoms with van der Waals surface area (Å²) in [7, 11) is 0. The number of carbonyl (C=O) groups is 3. The third kappa shape index (κ3) is 2.82. The van der Waals surface area contributed by atoms with Gasteiger partial charge in [0.25, 0.3) is 5.91 Å². The van der Waals surface area contributed by atoms with Gasteiger partial charge in [-0.1, -0.05) is 19.3 Å². The van der Waals surface area contributed by atoms with Gasteiger partial charge in [-0.05, 0) is 38.5 Å². The highest BCUT2D eigenvalue weighted by Gasteiger charge is 2.49.